The van der Waals surface area contributed by atoms with Crippen LogP contribution in [0, 0.1) is 0 Å². The van der Waals surface area contributed by atoms with Gasteiger partial charge in [0.05, 0.1) is 26.3 Å². The van der Waals surface area contributed by atoms with Crippen molar-refractivity contribution < 1.29 is 19.7 Å². The van der Waals surface area contributed by atoms with E-state index in [1.807, 2.05) is 52.5 Å². The SMILES string of the molecule is COc1cc2c(cc1O)C(c1ccc(N(C)C)cc1)NCC2.COc1cc2c(cc1O)CCNC2c1ccc(N(C)C)cc1. The number of methoxy groups -OCH3 is 2. The second-order valence-corrected chi connectivity index (χ2v) is 11.7. The van der Waals surface area contributed by atoms with Crippen molar-refractivity contribution in [3.63, 3.8) is 0 Å². The maximum absolute atomic E-state index is 10.1. The molecule has 232 valence electrons. The van der Waals surface area contributed by atoms with E-state index in [0.29, 0.717) is 11.5 Å². The maximum Gasteiger partial charge on any atom is 0.160 e. The molecule has 4 N–H and O–H groups in total. The summed E-state index contributed by atoms with van der Waals surface area (Å²) >= 11 is 0. The van der Waals surface area contributed by atoms with Crippen molar-refractivity contribution in [1.82, 2.24) is 10.6 Å². The Morgan fingerprint density at radius 1 is 0.591 bits per heavy atom. The number of nitrogens with one attached hydrogen (secondary N) is 2. The standard InChI is InChI=1S/2C18H22N2O2/c1-20(2)14-6-4-12(5-7-14)18-15-11-16(21)17(22-3)10-13(15)8-9-19-18;1-20(2)14-6-4-12(5-7-14)18-15-11-17(22-3)16(21)10-13(15)8-9-19-18/h2*4-7,10-11,18-19,21H,8-9H2,1-3H3. The van der Waals surface area contributed by atoms with Crippen LogP contribution in [0.1, 0.15) is 45.5 Å². The molecule has 2 heterocycles. The third kappa shape index (κ3) is 6.56. The van der Waals surface area contributed by atoms with Crippen molar-refractivity contribution in [2.75, 3.05) is 65.3 Å². The normalized spacial score (nSPS) is 17.0. The Labute approximate surface area is 260 Å². The number of phenols is 2. The maximum atomic E-state index is 10.1. The molecule has 2 aliphatic rings. The quantitative estimate of drug-likeness (QED) is 0.235. The number of hydrogen-bond acceptors (Lipinski definition) is 8. The fraction of sp³-hybridized carbons (Fsp3) is 0.333. The molecule has 0 saturated carbocycles. The second-order valence-electron chi connectivity index (χ2n) is 11.7. The van der Waals surface area contributed by atoms with Gasteiger partial charge in [0, 0.05) is 52.7 Å². The van der Waals surface area contributed by atoms with E-state index in [4.69, 9.17) is 9.47 Å². The summed E-state index contributed by atoms with van der Waals surface area (Å²) in [4.78, 5) is 4.18. The summed E-state index contributed by atoms with van der Waals surface area (Å²) in [5, 5.41) is 27.2. The minimum Gasteiger partial charge on any atom is -0.504 e. The summed E-state index contributed by atoms with van der Waals surface area (Å²) < 4.78 is 10.5. The number of rotatable bonds is 6. The lowest BCUT2D eigenvalue weighted by Gasteiger charge is -2.28. The highest BCUT2D eigenvalue weighted by Crippen LogP contribution is 2.38. The first kappa shape index (κ1) is 31.0. The molecule has 8 heteroatoms. The number of ether oxygens (including phenoxy) is 2. The molecule has 2 aliphatic heterocycles. The van der Waals surface area contributed by atoms with Crippen LogP contribution in [0.2, 0.25) is 0 Å². The van der Waals surface area contributed by atoms with Crippen LogP contribution in [-0.2, 0) is 12.8 Å². The van der Waals surface area contributed by atoms with E-state index >= 15 is 0 Å². The molecule has 2 unspecified atom stereocenters. The third-order valence-electron chi connectivity index (χ3n) is 8.47. The Kier molecular flexibility index (Phi) is 9.52. The number of anilines is 2. The molecule has 0 aromatic heterocycles. The monoisotopic (exact) mass is 596 g/mol. The Morgan fingerprint density at radius 3 is 1.45 bits per heavy atom. The Bertz CT molecular complexity index is 1570. The minimum absolute atomic E-state index is 0.108. The van der Waals surface area contributed by atoms with E-state index in [1.165, 1.54) is 39.2 Å². The summed E-state index contributed by atoms with van der Waals surface area (Å²) in [5.74, 6) is 1.48. The highest BCUT2D eigenvalue weighted by atomic mass is 16.5. The van der Waals surface area contributed by atoms with Crippen LogP contribution in [-0.4, -0.2) is 65.7 Å². The van der Waals surface area contributed by atoms with E-state index < -0.39 is 0 Å². The molecule has 0 aliphatic carbocycles. The van der Waals surface area contributed by atoms with Gasteiger partial charge in [-0.15, -0.1) is 0 Å². The largest absolute Gasteiger partial charge is 0.504 e. The van der Waals surface area contributed by atoms with Gasteiger partial charge in [-0.3, -0.25) is 0 Å². The van der Waals surface area contributed by atoms with Crippen LogP contribution in [0.3, 0.4) is 0 Å². The lowest BCUT2D eigenvalue weighted by atomic mass is 9.89. The Balaban J connectivity index is 0.000000175. The minimum atomic E-state index is 0.108. The highest BCUT2D eigenvalue weighted by Gasteiger charge is 2.25. The third-order valence-corrected chi connectivity index (χ3v) is 8.47. The molecular formula is C36H44N4O4. The summed E-state index contributed by atoms with van der Waals surface area (Å²) in [5.41, 5.74) is 9.50. The first-order valence-corrected chi connectivity index (χ1v) is 15.0. The molecule has 0 fully saturated rings. The molecular weight excluding hydrogens is 552 g/mol. The van der Waals surface area contributed by atoms with Gasteiger partial charge < -0.3 is 40.1 Å². The number of fused-ring (bicyclic) bond motifs is 2. The summed E-state index contributed by atoms with van der Waals surface area (Å²) in [7, 11) is 11.3. The molecule has 8 nitrogen and oxygen atoms in total. The van der Waals surface area contributed by atoms with Gasteiger partial charge in [-0.2, -0.15) is 0 Å². The van der Waals surface area contributed by atoms with Crippen LogP contribution in [0.5, 0.6) is 23.0 Å². The number of phenolic OH excluding ortho intramolecular Hbond substituents is 2. The summed E-state index contributed by atoms with van der Waals surface area (Å²) in [6.45, 7) is 1.82. The molecule has 2 atom stereocenters. The molecule has 0 radical (unpaired) electrons. The summed E-state index contributed by atoms with van der Waals surface area (Å²) in [6, 6.07) is 24.9. The zero-order valence-electron chi connectivity index (χ0n) is 26.5. The van der Waals surface area contributed by atoms with Crippen molar-refractivity contribution in [2.24, 2.45) is 0 Å². The summed E-state index contributed by atoms with van der Waals surface area (Å²) in [6.07, 6.45) is 1.86. The van der Waals surface area contributed by atoms with Crippen molar-refractivity contribution >= 4 is 11.4 Å². The van der Waals surface area contributed by atoms with Gasteiger partial charge in [0.25, 0.3) is 0 Å². The molecule has 4 aromatic rings. The number of benzene rings is 4. The van der Waals surface area contributed by atoms with Gasteiger partial charge in [0.2, 0.25) is 0 Å². The van der Waals surface area contributed by atoms with Crippen molar-refractivity contribution in [2.45, 2.75) is 24.9 Å². The van der Waals surface area contributed by atoms with Crippen LogP contribution in [0.4, 0.5) is 11.4 Å². The lowest BCUT2D eigenvalue weighted by Crippen LogP contribution is -2.30. The number of hydrogen-bond donors (Lipinski definition) is 4. The topological polar surface area (TPSA) is 89.5 Å². The predicted octanol–water partition coefficient (Wildman–Crippen LogP) is 5.40. The molecule has 0 amide bonds. The average molecular weight is 597 g/mol. The van der Waals surface area contributed by atoms with Crippen molar-refractivity contribution in [3.8, 4) is 23.0 Å². The van der Waals surface area contributed by atoms with Crippen molar-refractivity contribution in [1.29, 1.82) is 0 Å². The van der Waals surface area contributed by atoms with Gasteiger partial charge in [-0.1, -0.05) is 24.3 Å². The lowest BCUT2D eigenvalue weighted by molar-refractivity contribution is 0.371. The Hall–Kier alpha value is -4.40. The second kappa shape index (κ2) is 13.5. The molecule has 0 bridgehead atoms. The van der Waals surface area contributed by atoms with Crippen LogP contribution in [0.15, 0.2) is 72.8 Å². The van der Waals surface area contributed by atoms with Gasteiger partial charge in [-0.05, 0) is 94.8 Å². The smallest absolute Gasteiger partial charge is 0.160 e. The Morgan fingerprint density at radius 2 is 1.00 bits per heavy atom. The average Bonchev–Trinajstić information content (AvgIpc) is 3.04. The van der Waals surface area contributed by atoms with Gasteiger partial charge in [-0.25, -0.2) is 0 Å². The van der Waals surface area contributed by atoms with Gasteiger partial charge in [0.1, 0.15) is 0 Å². The highest BCUT2D eigenvalue weighted by molar-refractivity contribution is 5.54. The number of nitrogens with zero attached hydrogens (tertiary/aromatic N) is 2. The van der Waals surface area contributed by atoms with E-state index in [-0.39, 0.29) is 23.6 Å². The van der Waals surface area contributed by atoms with E-state index in [9.17, 15) is 10.2 Å². The van der Waals surface area contributed by atoms with Crippen LogP contribution >= 0.6 is 0 Å². The first-order chi connectivity index (χ1) is 21.2. The predicted molar refractivity (Wildman–Crippen MR) is 178 cm³/mol. The number of aromatic hydroxyl groups is 2. The zero-order chi connectivity index (χ0) is 31.4. The zero-order valence-corrected chi connectivity index (χ0v) is 26.5. The fourth-order valence-corrected chi connectivity index (χ4v) is 6.00. The van der Waals surface area contributed by atoms with Crippen LogP contribution < -0.4 is 29.9 Å². The molecule has 6 rings (SSSR count). The van der Waals surface area contributed by atoms with Gasteiger partial charge in [0.15, 0.2) is 23.0 Å². The molecule has 0 saturated heterocycles. The first-order valence-electron chi connectivity index (χ1n) is 15.0. The molecule has 44 heavy (non-hydrogen) atoms. The fourth-order valence-electron chi connectivity index (χ4n) is 6.00. The van der Waals surface area contributed by atoms with Crippen LogP contribution in [0.25, 0.3) is 0 Å². The van der Waals surface area contributed by atoms with E-state index in [1.54, 1.807) is 14.2 Å². The van der Waals surface area contributed by atoms with Crippen molar-refractivity contribution in [3.05, 3.63) is 106 Å². The van der Waals surface area contributed by atoms with E-state index in [0.717, 1.165) is 31.5 Å². The molecule has 4 aromatic carbocycles. The van der Waals surface area contributed by atoms with Gasteiger partial charge >= 0.3 is 0 Å². The molecule has 0 spiro atoms. The van der Waals surface area contributed by atoms with E-state index in [2.05, 4.69) is 69.0 Å².